The third-order valence-electron chi connectivity index (χ3n) is 4.12. The minimum Gasteiger partial charge on any atom is -0.352 e. The van der Waals surface area contributed by atoms with Crippen LogP contribution in [0.15, 0.2) is 28.6 Å². The second kappa shape index (κ2) is 5.24. The molecular weight excluding hydrogens is 306 g/mol. The molecule has 7 heteroatoms. The van der Waals surface area contributed by atoms with Crippen LogP contribution in [0.2, 0.25) is 0 Å². The Hall–Kier alpha value is -1.15. The summed E-state index contributed by atoms with van der Waals surface area (Å²) >= 11 is 1.71. The summed E-state index contributed by atoms with van der Waals surface area (Å²) in [6.45, 7) is 2.81. The van der Waals surface area contributed by atoms with Gasteiger partial charge in [-0.1, -0.05) is 0 Å². The Labute approximate surface area is 129 Å². The van der Waals surface area contributed by atoms with Gasteiger partial charge in [0.2, 0.25) is 10.0 Å². The van der Waals surface area contributed by atoms with Crippen LogP contribution in [0.3, 0.4) is 0 Å². The number of fused-ring (bicyclic) bond motifs is 1. The van der Waals surface area contributed by atoms with E-state index in [0.717, 1.165) is 17.7 Å². The Morgan fingerprint density at radius 2 is 2.24 bits per heavy atom. The van der Waals surface area contributed by atoms with Gasteiger partial charge in [-0.2, -0.15) is 4.31 Å². The summed E-state index contributed by atoms with van der Waals surface area (Å²) in [7, 11) is -1.66. The van der Waals surface area contributed by atoms with Crippen LogP contribution in [-0.4, -0.2) is 23.8 Å². The molecule has 0 saturated carbocycles. The number of thiophene rings is 1. The standard InChI is InChI=1S/C14H19N3O2S2/c1-10-13-4-6-20-14(13)3-5-17(10)21(18,19)12-7-11(8-15)16(2)9-12/h4,6-7,9-10H,3,5,8,15H2,1-2H3. The summed E-state index contributed by atoms with van der Waals surface area (Å²) in [6.07, 6.45) is 2.43. The molecule has 0 saturated heterocycles. The molecule has 1 atom stereocenters. The quantitative estimate of drug-likeness (QED) is 0.936. The van der Waals surface area contributed by atoms with Crippen LogP contribution in [0.4, 0.5) is 0 Å². The monoisotopic (exact) mass is 325 g/mol. The first-order valence-corrected chi connectivity index (χ1v) is 9.20. The van der Waals surface area contributed by atoms with Gasteiger partial charge in [-0.15, -0.1) is 11.3 Å². The van der Waals surface area contributed by atoms with Gasteiger partial charge in [0, 0.05) is 42.9 Å². The summed E-state index contributed by atoms with van der Waals surface area (Å²) in [4.78, 5) is 1.63. The average Bonchev–Trinajstić information content (AvgIpc) is 3.05. The van der Waals surface area contributed by atoms with Crippen molar-refractivity contribution >= 4 is 21.4 Å². The zero-order valence-corrected chi connectivity index (χ0v) is 13.7. The number of nitrogens with zero attached hydrogens (tertiary/aromatic N) is 2. The van der Waals surface area contributed by atoms with Gasteiger partial charge in [0.05, 0.1) is 0 Å². The number of hydrogen-bond donors (Lipinski definition) is 1. The molecule has 114 valence electrons. The fraction of sp³-hybridized carbons (Fsp3) is 0.429. The van der Waals surface area contributed by atoms with Crippen molar-refractivity contribution in [3.8, 4) is 0 Å². The normalized spacial score (nSPS) is 19.7. The molecule has 0 aromatic carbocycles. The lowest BCUT2D eigenvalue weighted by Crippen LogP contribution is -2.38. The van der Waals surface area contributed by atoms with Gasteiger partial charge in [0.1, 0.15) is 4.90 Å². The van der Waals surface area contributed by atoms with Gasteiger partial charge < -0.3 is 10.3 Å². The topological polar surface area (TPSA) is 68.3 Å². The molecule has 0 spiro atoms. The zero-order chi connectivity index (χ0) is 15.2. The highest BCUT2D eigenvalue weighted by atomic mass is 32.2. The first-order chi connectivity index (χ1) is 9.95. The van der Waals surface area contributed by atoms with Crippen LogP contribution in [0, 0.1) is 0 Å². The molecule has 1 aliphatic heterocycles. The maximum atomic E-state index is 12.9. The van der Waals surface area contributed by atoms with Gasteiger partial charge in [-0.3, -0.25) is 0 Å². The van der Waals surface area contributed by atoms with Gasteiger partial charge >= 0.3 is 0 Å². The number of hydrogen-bond acceptors (Lipinski definition) is 4. The van der Waals surface area contributed by atoms with Gasteiger partial charge in [0.25, 0.3) is 0 Å². The van der Waals surface area contributed by atoms with E-state index in [9.17, 15) is 8.42 Å². The van der Waals surface area contributed by atoms with Crippen LogP contribution < -0.4 is 5.73 Å². The van der Waals surface area contributed by atoms with Crippen molar-refractivity contribution in [1.82, 2.24) is 8.87 Å². The van der Waals surface area contributed by atoms with Crippen molar-refractivity contribution < 1.29 is 8.42 Å². The average molecular weight is 325 g/mol. The van der Waals surface area contributed by atoms with Crippen molar-refractivity contribution in [3.63, 3.8) is 0 Å². The summed E-state index contributed by atoms with van der Waals surface area (Å²) < 4.78 is 29.1. The fourth-order valence-electron chi connectivity index (χ4n) is 2.87. The Morgan fingerprint density at radius 1 is 1.48 bits per heavy atom. The lowest BCUT2D eigenvalue weighted by Gasteiger charge is -2.32. The van der Waals surface area contributed by atoms with Crippen molar-refractivity contribution in [2.24, 2.45) is 12.8 Å². The molecule has 2 aromatic heterocycles. The maximum absolute atomic E-state index is 12.9. The molecule has 2 aromatic rings. The van der Waals surface area contributed by atoms with Crippen molar-refractivity contribution in [2.45, 2.75) is 30.8 Å². The van der Waals surface area contributed by atoms with Crippen LogP contribution in [-0.2, 0) is 30.0 Å². The molecule has 0 bridgehead atoms. The van der Waals surface area contributed by atoms with E-state index < -0.39 is 10.0 Å². The molecule has 0 radical (unpaired) electrons. The number of aromatic nitrogens is 1. The van der Waals surface area contributed by atoms with E-state index in [1.165, 1.54) is 4.88 Å². The largest absolute Gasteiger partial charge is 0.352 e. The summed E-state index contributed by atoms with van der Waals surface area (Å²) in [5.41, 5.74) is 7.58. The molecule has 3 heterocycles. The second-order valence-corrected chi connectivity index (χ2v) is 8.21. The van der Waals surface area contributed by atoms with E-state index in [-0.39, 0.29) is 6.04 Å². The van der Waals surface area contributed by atoms with E-state index in [2.05, 4.69) is 0 Å². The first-order valence-electron chi connectivity index (χ1n) is 6.88. The van der Waals surface area contributed by atoms with Crippen LogP contribution in [0.5, 0.6) is 0 Å². The lowest BCUT2D eigenvalue weighted by atomic mass is 10.0. The molecule has 2 N–H and O–H groups in total. The molecule has 1 aliphatic rings. The molecule has 3 rings (SSSR count). The van der Waals surface area contributed by atoms with Gasteiger partial charge in [0.15, 0.2) is 0 Å². The minimum absolute atomic E-state index is 0.119. The Balaban J connectivity index is 1.99. The Kier molecular flexibility index (Phi) is 3.69. The first kappa shape index (κ1) is 14.8. The second-order valence-electron chi connectivity index (χ2n) is 5.32. The molecule has 0 fully saturated rings. The summed E-state index contributed by atoms with van der Waals surface area (Å²) in [6, 6.07) is 3.58. The predicted molar refractivity (Wildman–Crippen MR) is 83.6 cm³/mol. The smallest absolute Gasteiger partial charge is 0.245 e. The Morgan fingerprint density at radius 3 is 2.90 bits per heavy atom. The fourth-order valence-corrected chi connectivity index (χ4v) is 5.54. The van der Waals surface area contributed by atoms with Crippen LogP contribution in [0.25, 0.3) is 0 Å². The summed E-state index contributed by atoms with van der Waals surface area (Å²) in [5.74, 6) is 0. The van der Waals surface area contributed by atoms with E-state index in [1.807, 2.05) is 25.4 Å². The SMILES string of the molecule is CC1c2ccsc2CCN1S(=O)(=O)c1cc(CN)n(C)c1. The van der Waals surface area contributed by atoms with Crippen LogP contribution in [0.1, 0.15) is 29.1 Å². The third-order valence-corrected chi connectivity index (χ3v) is 7.05. The van der Waals surface area contributed by atoms with Crippen molar-refractivity contribution in [3.05, 3.63) is 39.8 Å². The van der Waals surface area contributed by atoms with Crippen molar-refractivity contribution in [2.75, 3.05) is 6.54 Å². The van der Waals surface area contributed by atoms with E-state index in [4.69, 9.17) is 5.73 Å². The van der Waals surface area contributed by atoms with Gasteiger partial charge in [-0.25, -0.2) is 8.42 Å². The summed E-state index contributed by atoms with van der Waals surface area (Å²) in [5, 5.41) is 2.03. The minimum atomic E-state index is -3.48. The maximum Gasteiger partial charge on any atom is 0.245 e. The molecular formula is C14H19N3O2S2. The molecule has 5 nitrogen and oxygen atoms in total. The number of rotatable bonds is 3. The van der Waals surface area contributed by atoms with E-state index in [1.54, 1.807) is 32.5 Å². The highest BCUT2D eigenvalue weighted by molar-refractivity contribution is 7.89. The third kappa shape index (κ3) is 2.34. The van der Waals surface area contributed by atoms with Crippen LogP contribution >= 0.6 is 11.3 Å². The lowest BCUT2D eigenvalue weighted by molar-refractivity contribution is 0.329. The number of aryl methyl sites for hydroxylation is 1. The molecule has 0 aliphatic carbocycles. The van der Waals surface area contributed by atoms with E-state index in [0.29, 0.717) is 18.0 Å². The molecule has 0 amide bonds. The Bertz CT molecular complexity index is 761. The van der Waals surface area contributed by atoms with Crippen molar-refractivity contribution in [1.29, 1.82) is 0 Å². The number of nitrogens with two attached hydrogens (primary N) is 1. The highest BCUT2D eigenvalue weighted by Crippen LogP contribution is 2.36. The number of sulfonamides is 1. The molecule has 21 heavy (non-hydrogen) atoms. The van der Waals surface area contributed by atoms with E-state index >= 15 is 0 Å². The molecule has 1 unspecified atom stereocenters. The predicted octanol–water partition coefficient (Wildman–Crippen LogP) is 1.85. The zero-order valence-electron chi connectivity index (χ0n) is 12.1. The highest BCUT2D eigenvalue weighted by Gasteiger charge is 2.35. The van der Waals surface area contributed by atoms with Gasteiger partial charge in [-0.05, 0) is 36.4 Å².